The van der Waals surface area contributed by atoms with Crippen LogP contribution in [0.15, 0.2) is 54.6 Å². The van der Waals surface area contributed by atoms with Gasteiger partial charge in [0.1, 0.15) is 11.9 Å². The lowest BCUT2D eigenvalue weighted by molar-refractivity contribution is -0.148. The number of rotatable bonds is 6. The van der Waals surface area contributed by atoms with E-state index in [4.69, 9.17) is 4.74 Å². The van der Waals surface area contributed by atoms with E-state index in [1.54, 1.807) is 30.3 Å². The summed E-state index contributed by atoms with van der Waals surface area (Å²) in [6.45, 7) is 0.911. The number of halogens is 1. The van der Waals surface area contributed by atoms with Gasteiger partial charge >= 0.3 is 5.97 Å². The van der Waals surface area contributed by atoms with Gasteiger partial charge in [0.15, 0.2) is 6.61 Å². The van der Waals surface area contributed by atoms with Gasteiger partial charge in [-0.05, 0) is 37.3 Å². The minimum absolute atomic E-state index is 0.256. The van der Waals surface area contributed by atoms with Gasteiger partial charge in [-0.1, -0.05) is 24.3 Å². The van der Waals surface area contributed by atoms with Gasteiger partial charge in [0.25, 0.3) is 11.8 Å². The van der Waals surface area contributed by atoms with Crippen molar-refractivity contribution in [3.63, 3.8) is 0 Å². The van der Waals surface area contributed by atoms with E-state index in [0.717, 1.165) is 6.07 Å². The summed E-state index contributed by atoms with van der Waals surface area (Å²) < 4.78 is 17.9. The average molecular weight is 344 g/mol. The molecule has 0 saturated heterocycles. The lowest BCUT2D eigenvalue weighted by Gasteiger charge is -2.13. The van der Waals surface area contributed by atoms with Gasteiger partial charge in [0, 0.05) is 11.3 Å². The standard InChI is InChI=1S/C18H17FN2O4/c1-12(20-17(23)13-6-3-2-4-7-13)18(24)25-11-16(22)21-15-9-5-8-14(19)10-15/h2-10,12H,11H2,1H3,(H,20,23)(H,21,22)/t12-/m0/s1. The van der Waals surface area contributed by atoms with E-state index in [9.17, 15) is 18.8 Å². The molecule has 0 heterocycles. The third kappa shape index (κ3) is 5.72. The van der Waals surface area contributed by atoms with Crippen molar-refractivity contribution in [2.24, 2.45) is 0 Å². The number of hydrogen-bond donors (Lipinski definition) is 2. The summed E-state index contributed by atoms with van der Waals surface area (Å²) in [5.41, 5.74) is 0.664. The number of nitrogens with one attached hydrogen (secondary N) is 2. The third-order valence-corrected chi connectivity index (χ3v) is 3.19. The van der Waals surface area contributed by atoms with E-state index in [1.165, 1.54) is 25.1 Å². The molecule has 2 N–H and O–H groups in total. The van der Waals surface area contributed by atoms with Crippen molar-refractivity contribution in [2.45, 2.75) is 13.0 Å². The number of ether oxygens (including phenoxy) is 1. The number of amides is 2. The molecule has 0 fully saturated rings. The Bertz CT molecular complexity index is 765. The van der Waals surface area contributed by atoms with E-state index < -0.39 is 36.2 Å². The van der Waals surface area contributed by atoms with E-state index >= 15 is 0 Å². The highest BCUT2D eigenvalue weighted by Crippen LogP contribution is 2.08. The number of benzene rings is 2. The molecule has 0 aliphatic rings. The van der Waals surface area contributed by atoms with Crippen LogP contribution in [0.4, 0.5) is 10.1 Å². The van der Waals surface area contributed by atoms with Gasteiger partial charge in [0.05, 0.1) is 0 Å². The van der Waals surface area contributed by atoms with Crippen molar-refractivity contribution >= 4 is 23.5 Å². The molecule has 1 atom stereocenters. The van der Waals surface area contributed by atoms with Crippen LogP contribution in [0, 0.1) is 5.82 Å². The second kappa shape index (κ2) is 8.58. The molecule has 0 radical (unpaired) electrons. The van der Waals surface area contributed by atoms with Crippen LogP contribution in [0.25, 0.3) is 0 Å². The maximum absolute atomic E-state index is 13.0. The summed E-state index contributed by atoms with van der Waals surface area (Å²) in [5, 5.41) is 4.88. The van der Waals surface area contributed by atoms with Crippen molar-refractivity contribution in [3.05, 3.63) is 66.0 Å². The molecule has 2 amide bonds. The van der Waals surface area contributed by atoms with E-state index in [2.05, 4.69) is 10.6 Å². The largest absolute Gasteiger partial charge is 0.454 e. The average Bonchev–Trinajstić information content (AvgIpc) is 2.60. The molecule has 0 unspecified atom stereocenters. The molecule has 0 aliphatic carbocycles. The molecule has 130 valence electrons. The van der Waals surface area contributed by atoms with Crippen LogP contribution in [0.5, 0.6) is 0 Å². The Labute approximate surface area is 144 Å². The molecule has 0 bridgehead atoms. The van der Waals surface area contributed by atoms with Gasteiger partial charge in [-0.3, -0.25) is 9.59 Å². The second-order valence-electron chi connectivity index (χ2n) is 5.23. The quantitative estimate of drug-likeness (QED) is 0.786. The summed E-state index contributed by atoms with van der Waals surface area (Å²) >= 11 is 0. The summed E-state index contributed by atoms with van der Waals surface area (Å²) in [7, 11) is 0. The minimum atomic E-state index is -0.922. The fourth-order valence-corrected chi connectivity index (χ4v) is 1.95. The van der Waals surface area contributed by atoms with Crippen molar-refractivity contribution in [1.82, 2.24) is 5.32 Å². The first kappa shape index (κ1) is 18.1. The fraction of sp³-hybridized carbons (Fsp3) is 0.167. The van der Waals surface area contributed by atoms with Crippen molar-refractivity contribution in [3.8, 4) is 0 Å². The van der Waals surface area contributed by atoms with Crippen LogP contribution in [-0.2, 0) is 14.3 Å². The van der Waals surface area contributed by atoms with Crippen molar-refractivity contribution in [1.29, 1.82) is 0 Å². The molecule has 6 nitrogen and oxygen atoms in total. The topological polar surface area (TPSA) is 84.5 Å². The first-order valence-electron chi connectivity index (χ1n) is 7.53. The number of carbonyl (C=O) groups is 3. The minimum Gasteiger partial charge on any atom is -0.454 e. The zero-order chi connectivity index (χ0) is 18.2. The highest BCUT2D eigenvalue weighted by atomic mass is 19.1. The Morgan fingerprint density at radius 1 is 1.08 bits per heavy atom. The van der Waals surface area contributed by atoms with Gasteiger partial charge < -0.3 is 15.4 Å². The molecular weight excluding hydrogens is 327 g/mol. The molecular formula is C18H17FN2O4. The molecule has 2 rings (SSSR count). The van der Waals surface area contributed by atoms with Gasteiger partial charge in [-0.15, -0.1) is 0 Å². The smallest absolute Gasteiger partial charge is 0.328 e. The van der Waals surface area contributed by atoms with Gasteiger partial charge in [0.2, 0.25) is 0 Å². The van der Waals surface area contributed by atoms with E-state index in [0.29, 0.717) is 5.56 Å². The zero-order valence-corrected chi connectivity index (χ0v) is 13.5. The number of carbonyl (C=O) groups excluding carboxylic acids is 3. The van der Waals surface area contributed by atoms with Crippen LogP contribution in [0.1, 0.15) is 17.3 Å². The zero-order valence-electron chi connectivity index (χ0n) is 13.5. The Balaban J connectivity index is 1.79. The fourth-order valence-electron chi connectivity index (χ4n) is 1.95. The van der Waals surface area contributed by atoms with E-state index in [-0.39, 0.29) is 5.69 Å². The molecule has 0 aliphatic heterocycles. The SMILES string of the molecule is C[C@H](NC(=O)c1ccccc1)C(=O)OCC(=O)Nc1cccc(F)c1. The number of esters is 1. The third-order valence-electron chi connectivity index (χ3n) is 3.19. The predicted octanol–water partition coefficient (Wildman–Crippen LogP) is 2.13. The van der Waals surface area contributed by atoms with Crippen LogP contribution in [-0.4, -0.2) is 30.4 Å². The van der Waals surface area contributed by atoms with E-state index in [1.807, 2.05) is 0 Å². The highest BCUT2D eigenvalue weighted by Gasteiger charge is 2.19. The van der Waals surface area contributed by atoms with Crippen LogP contribution in [0.2, 0.25) is 0 Å². The summed E-state index contributed by atoms with van der Waals surface area (Å²) in [5.74, 6) is -2.28. The Morgan fingerprint density at radius 3 is 2.48 bits per heavy atom. The van der Waals surface area contributed by atoms with Crippen LogP contribution < -0.4 is 10.6 Å². The molecule has 0 aromatic heterocycles. The summed E-state index contributed by atoms with van der Waals surface area (Å²) in [6, 6.07) is 12.8. The predicted molar refractivity (Wildman–Crippen MR) is 89.4 cm³/mol. The molecule has 2 aromatic carbocycles. The summed E-state index contributed by atoms with van der Waals surface area (Å²) in [6.07, 6.45) is 0. The first-order valence-corrected chi connectivity index (χ1v) is 7.53. The lowest BCUT2D eigenvalue weighted by atomic mass is 10.2. The maximum atomic E-state index is 13.0. The molecule has 2 aromatic rings. The van der Waals surface area contributed by atoms with Gasteiger partial charge in [-0.25, -0.2) is 9.18 Å². The molecule has 0 spiro atoms. The van der Waals surface area contributed by atoms with Crippen molar-refractivity contribution < 1.29 is 23.5 Å². The monoisotopic (exact) mass is 344 g/mol. The molecule has 25 heavy (non-hydrogen) atoms. The van der Waals surface area contributed by atoms with Crippen LogP contribution >= 0.6 is 0 Å². The number of hydrogen-bond acceptors (Lipinski definition) is 4. The molecule has 0 saturated carbocycles. The molecule has 7 heteroatoms. The van der Waals surface area contributed by atoms with Crippen LogP contribution in [0.3, 0.4) is 0 Å². The Kier molecular flexibility index (Phi) is 6.22. The lowest BCUT2D eigenvalue weighted by Crippen LogP contribution is -2.40. The maximum Gasteiger partial charge on any atom is 0.328 e. The van der Waals surface area contributed by atoms with Gasteiger partial charge in [-0.2, -0.15) is 0 Å². The normalized spacial score (nSPS) is 11.3. The Hall–Kier alpha value is -3.22. The Morgan fingerprint density at radius 2 is 1.80 bits per heavy atom. The summed E-state index contributed by atoms with van der Waals surface area (Å²) in [4.78, 5) is 35.5. The highest BCUT2D eigenvalue weighted by molar-refractivity contribution is 5.97. The first-order chi connectivity index (χ1) is 12.0. The van der Waals surface area contributed by atoms with Crippen molar-refractivity contribution in [2.75, 3.05) is 11.9 Å². The second-order valence-corrected chi connectivity index (χ2v) is 5.23. The number of anilines is 1.